The van der Waals surface area contributed by atoms with Gasteiger partial charge in [0.25, 0.3) is 0 Å². The van der Waals surface area contributed by atoms with Crippen molar-refractivity contribution in [1.82, 2.24) is 5.43 Å². The number of nitrogens with zero attached hydrogens (tertiary/aromatic N) is 2. The van der Waals surface area contributed by atoms with Crippen LogP contribution in [0.3, 0.4) is 0 Å². The molecule has 1 rings (SSSR count). The second-order valence-electron chi connectivity index (χ2n) is 2.50. The number of ketones is 1. The Morgan fingerprint density at radius 1 is 1.54 bits per heavy atom. The van der Waals surface area contributed by atoms with E-state index in [1.54, 1.807) is 12.2 Å². The summed E-state index contributed by atoms with van der Waals surface area (Å²) in [6, 6.07) is 0. The number of hydrogen-bond acceptors (Lipinski definition) is 4. The minimum atomic E-state index is -0.278. The van der Waals surface area contributed by atoms with E-state index in [1.165, 1.54) is 13.0 Å². The second-order valence-corrected chi connectivity index (χ2v) is 2.50. The topological polar surface area (TPSA) is 70.9 Å². The molecule has 0 heterocycles. The van der Waals surface area contributed by atoms with Crippen molar-refractivity contribution < 1.29 is 9.59 Å². The number of allylic oxidation sites excluding steroid dienone is 3. The van der Waals surface area contributed by atoms with Crippen LogP contribution in [0, 0.1) is 0 Å². The number of carbonyl (C=O) groups is 2. The normalized spacial score (nSPS) is 16.1. The molecule has 0 bridgehead atoms. The molecule has 1 amide bonds. The maximum atomic E-state index is 10.7. The van der Waals surface area contributed by atoms with Gasteiger partial charge in [0.15, 0.2) is 5.78 Å². The molecule has 68 valence electrons. The van der Waals surface area contributed by atoms with Crippen molar-refractivity contribution >= 4 is 11.7 Å². The summed E-state index contributed by atoms with van der Waals surface area (Å²) in [6.07, 6.45) is 4.97. The summed E-state index contributed by atoms with van der Waals surface area (Å²) in [6.45, 7) is 1.34. The molecule has 0 aromatic heterocycles. The van der Waals surface area contributed by atoms with Crippen LogP contribution in [0.1, 0.15) is 13.3 Å². The Labute approximate surface area is 75.2 Å². The van der Waals surface area contributed by atoms with Gasteiger partial charge in [-0.05, 0) is 18.2 Å². The molecule has 0 unspecified atom stereocenters. The lowest BCUT2D eigenvalue weighted by Crippen LogP contribution is -2.11. The smallest absolute Gasteiger partial charge is 0.238 e. The van der Waals surface area contributed by atoms with Crippen LogP contribution in [-0.4, -0.2) is 11.7 Å². The Morgan fingerprint density at radius 3 is 2.85 bits per heavy atom. The van der Waals surface area contributed by atoms with E-state index in [2.05, 4.69) is 15.8 Å². The lowest BCUT2D eigenvalue weighted by Gasteiger charge is -1.98. The maximum absolute atomic E-state index is 10.7. The Morgan fingerprint density at radius 2 is 2.31 bits per heavy atom. The van der Waals surface area contributed by atoms with Crippen molar-refractivity contribution in [2.75, 3.05) is 0 Å². The molecule has 0 saturated carbocycles. The quantitative estimate of drug-likeness (QED) is 0.505. The second kappa shape index (κ2) is 4.30. The average molecular weight is 179 g/mol. The Hall–Kier alpha value is -1.78. The average Bonchev–Trinajstić information content (AvgIpc) is 2.08. The van der Waals surface area contributed by atoms with E-state index in [0.717, 1.165) is 0 Å². The summed E-state index contributed by atoms with van der Waals surface area (Å²) >= 11 is 0. The standard InChI is InChI=1S/C8H9N3O2/c1-6(12)9-11-10-7-2-4-8(13)5-3-7/h2-4H,5H2,1H3,(H,9,10,12). The summed E-state index contributed by atoms with van der Waals surface area (Å²) in [5.41, 5.74) is 2.74. The molecule has 5 nitrogen and oxygen atoms in total. The third-order valence-corrected chi connectivity index (χ3v) is 1.33. The van der Waals surface area contributed by atoms with Crippen LogP contribution in [0.25, 0.3) is 0 Å². The van der Waals surface area contributed by atoms with Crippen molar-refractivity contribution in [3.05, 3.63) is 23.9 Å². The third kappa shape index (κ3) is 3.42. The highest BCUT2D eigenvalue weighted by Gasteiger charge is 2.01. The number of hydrogen-bond donors (Lipinski definition) is 1. The van der Waals surface area contributed by atoms with Crippen LogP contribution in [0.4, 0.5) is 0 Å². The van der Waals surface area contributed by atoms with Crippen molar-refractivity contribution in [2.45, 2.75) is 13.3 Å². The van der Waals surface area contributed by atoms with E-state index in [1.807, 2.05) is 0 Å². The van der Waals surface area contributed by atoms with Gasteiger partial charge < -0.3 is 0 Å². The van der Waals surface area contributed by atoms with Crippen LogP contribution in [0.5, 0.6) is 0 Å². The zero-order valence-electron chi connectivity index (χ0n) is 7.15. The van der Waals surface area contributed by atoms with Crippen molar-refractivity contribution in [1.29, 1.82) is 0 Å². The lowest BCUT2D eigenvalue weighted by atomic mass is 10.1. The fraction of sp³-hybridized carbons (Fsp3) is 0.250. The van der Waals surface area contributed by atoms with Crippen LogP contribution < -0.4 is 5.43 Å². The molecule has 0 fully saturated rings. The Kier molecular flexibility index (Phi) is 3.08. The summed E-state index contributed by atoms with van der Waals surface area (Å²) in [5, 5.41) is 7.09. The predicted molar refractivity (Wildman–Crippen MR) is 45.5 cm³/mol. The van der Waals surface area contributed by atoms with Gasteiger partial charge in [0, 0.05) is 13.3 Å². The fourth-order valence-corrected chi connectivity index (χ4v) is 0.747. The summed E-state index contributed by atoms with van der Waals surface area (Å²) < 4.78 is 0. The summed E-state index contributed by atoms with van der Waals surface area (Å²) in [5.74, 6) is -0.237. The fourth-order valence-electron chi connectivity index (χ4n) is 0.747. The van der Waals surface area contributed by atoms with Crippen LogP contribution >= 0.6 is 0 Å². The molecule has 5 heteroatoms. The van der Waals surface area contributed by atoms with Gasteiger partial charge in [0.1, 0.15) is 0 Å². The molecule has 0 aromatic rings. The van der Waals surface area contributed by atoms with Crippen molar-refractivity contribution in [3.8, 4) is 0 Å². The number of rotatable bonds is 2. The number of nitrogens with one attached hydrogen (secondary N) is 1. The zero-order valence-corrected chi connectivity index (χ0v) is 7.15. The molecular formula is C8H9N3O2. The molecule has 0 aliphatic heterocycles. The predicted octanol–water partition coefficient (Wildman–Crippen LogP) is 0.903. The van der Waals surface area contributed by atoms with Gasteiger partial charge in [0.2, 0.25) is 5.91 Å². The third-order valence-electron chi connectivity index (χ3n) is 1.33. The minimum absolute atomic E-state index is 0.0403. The molecule has 1 aliphatic carbocycles. The van der Waals surface area contributed by atoms with Gasteiger partial charge in [-0.2, -0.15) is 0 Å². The van der Waals surface area contributed by atoms with Crippen molar-refractivity contribution in [2.24, 2.45) is 10.3 Å². The molecule has 0 atom stereocenters. The summed E-state index contributed by atoms with van der Waals surface area (Å²) in [4.78, 5) is 21.1. The highest BCUT2D eigenvalue weighted by Crippen LogP contribution is 2.07. The number of amides is 1. The molecular weight excluding hydrogens is 170 g/mol. The number of carbonyl (C=O) groups excluding carboxylic acids is 2. The molecule has 0 saturated heterocycles. The Balaban J connectivity index is 2.47. The van der Waals surface area contributed by atoms with Gasteiger partial charge in [-0.3, -0.25) is 9.59 Å². The van der Waals surface area contributed by atoms with Gasteiger partial charge in [-0.1, -0.05) is 5.22 Å². The van der Waals surface area contributed by atoms with Gasteiger partial charge >= 0.3 is 0 Å². The van der Waals surface area contributed by atoms with E-state index in [-0.39, 0.29) is 11.7 Å². The van der Waals surface area contributed by atoms with Gasteiger partial charge in [-0.25, -0.2) is 5.43 Å². The molecule has 0 radical (unpaired) electrons. The van der Waals surface area contributed by atoms with E-state index in [0.29, 0.717) is 12.1 Å². The largest absolute Gasteiger partial charge is 0.295 e. The lowest BCUT2D eigenvalue weighted by molar-refractivity contribution is -0.119. The monoisotopic (exact) mass is 179 g/mol. The molecule has 0 spiro atoms. The highest BCUT2D eigenvalue weighted by molar-refractivity contribution is 5.92. The first-order chi connectivity index (χ1) is 6.18. The van der Waals surface area contributed by atoms with Crippen LogP contribution in [0.2, 0.25) is 0 Å². The maximum Gasteiger partial charge on any atom is 0.238 e. The van der Waals surface area contributed by atoms with Crippen LogP contribution in [-0.2, 0) is 9.59 Å². The first kappa shape index (κ1) is 9.31. The van der Waals surface area contributed by atoms with Crippen molar-refractivity contribution in [3.63, 3.8) is 0 Å². The first-order valence-corrected chi connectivity index (χ1v) is 3.77. The zero-order chi connectivity index (χ0) is 9.68. The van der Waals surface area contributed by atoms with Gasteiger partial charge in [0.05, 0.1) is 5.70 Å². The first-order valence-electron chi connectivity index (χ1n) is 3.77. The molecule has 0 aromatic carbocycles. The van der Waals surface area contributed by atoms with Gasteiger partial charge in [-0.15, -0.1) is 5.11 Å². The van der Waals surface area contributed by atoms with E-state index in [9.17, 15) is 9.59 Å². The van der Waals surface area contributed by atoms with E-state index >= 15 is 0 Å². The molecule has 13 heavy (non-hydrogen) atoms. The van der Waals surface area contributed by atoms with E-state index < -0.39 is 0 Å². The van der Waals surface area contributed by atoms with E-state index in [4.69, 9.17) is 0 Å². The highest BCUT2D eigenvalue weighted by atomic mass is 16.2. The Bertz CT molecular complexity index is 315. The SMILES string of the molecule is CC(=O)NN=NC1=CCC(=O)C=C1. The molecule has 1 N–H and O–H groups in total. The van der Waals surface area contributed by atoms with Crippen LogP contribution in [0.15, 0.2) is 34.3 Å². The summed E-state index contributed by atoms with van der Waals surface area (Å²) in [7, 11) is 0. The minimum Gasteiger partial charge on any atom is -0.295 e. The molecule has 1 aliphatic rings.